The van der Waals surface area contributed by atoms with E-state index in [1.54, 1.807) is 18.1 Å². The molecular weight excluding hydrogens is 306 g/mol. The summed E-state index contributed by atoms with van der Waals surface area (Å²) in [6, 6.07) is 5.52. The summed E-state index contributed by atoms with van der Waals surface area (Å²) in [5.74, 6) is 0.826. The van der Waals surface area contributed by atoms with Crippen molar-refractivity contribution in [1.82, 2.24) is 15.1 Å². The van der Waals surface area contributed by atoms with Gasteiger partial charge in [-0.1, -0.05) is 13.8 Å². The van der Waals surface area contributed by atoms with Crippen molar-refractivity contribution in [3.8, 4) is 5.75 Å². The first kappa shape index (κ1) is 18.1. The number of urea groups is 1. The summed E-state index contributed by atoms with van der Waals surface area (Å²) in [6.07, 6.45) is 1.73. The van der Waals surface area contributed by atoms with Crippen LogP contribution in [0.25, 0.3) is 0 Å². The van der Waals surface area contributed by atoms with Gasteiger partial charge in [0.2, 0.25) is 0 Å². The molecule has 1 fully saturated rings. The maximum atomic E-state index is 12.7. The predicted octanol–water partition coefficient (Wildman–Crippen LogP) is 2.13. The SMILES string of the molecule is CCCNC(=O)N1CCN(C(=O)c2ccc(OC)c(CC)c2)CC1. The molecular formula is C18H27N3O3. The van der Waals surface area contributed by atoms with Gasteiger partial charge in [0.15, 0.2) is 0 Å². The molecule has 1 N–H and O–H groups in total. The van der Waals surface area contributed by atoms with E-state index in [2.05, 4.69) is 5.32 Å². The van der Waals surface area contributed by atoms with Crippen LogP contribution in [-0.2, 0) is 6.42 Å². The second-order valence-corrected chi connectivity index (χ2v) is 5.89. The highest BCUT2D eigenvalue weighted by Crippen LogP contribution is 2.21. The molecule has 0 unspecified atom stereocenters. The van der Waals surface area contributed by atoms with E-state index in [1.165, 1.54) is 0 Å². The number of hydrogen-bond donors (Lipinski definition) is 1. The molecule has 1 heterocycles. The highest BCUT2D eigenvalue weighted by Gasteiger charge is 2.25. The Morgan fingerprint density at radius 1 is 1.12 bits per heavy atom. The van der Waals surface area contributed by atoms with Crippen LogP contribution in [0.5, 0.6) is 5.75 Å². The fourth-order valence-electron chi connectivity index (χ4n) is 2.83. The van der Waals surface area contributed by atoms with Gasteiger partial charge in [-0.15, -0.1) is 0 Å². The molecule has 6 heteroatoms. The second kappa shape index (κ2) is 8.57. The Morgan fingerprint density at radius 3 is 2.38 bits per heavy atom. The standard InChI is InChI=1S/C18H27N3O3/c1-4-8-19-18(23)21-11-9-20(10-12-21)17(22)15-6-7-16(24-3)14(5-2)13-15/h6-7,13H,4-5,8-12H2,1-3H3,(H,19,23). The van der Waals surface area contributed by atoms with Crippen molar-refractivity contribution in [2.75, 3.05) is 39.8 Å². The lowest BCUT2D eigenvalue weighted by atomic mass is 10.1. The average Bonchev–Trinajstić information content (AvgIpc) is 2.64. The number of nitrogens with zero attached hydrogens (tertiary/aromatic N) is 2. The average molecular weight is 333 g/mol. The number of piperazine rings is 1. The lowest BCUT2D eigenvalue weighted by Crippen LogP contribution is -2.53. The number of rotatable bonds is 5. The minimum atomic E-state index is -0.0401. The minimum Gasteiger partial charge on any atom is -0.496 e. The van der Waals surface area contributed by atoms with E-state index >= 15 is 0 Å². The Morgan fingerprint density at radius 2 is 1.79 bits per heavy atom. The quantitative estimate of drug-likeness (QED) is 0.898. The first-order chi connectivity index (χ1) is 11.6. The van der Waals surface area contributed by atoms with Crippen LogP contribution in [0, 0.1) is 0 Å². The number of methoxy groups -OCH3 is 1. The molecule has 3 amide bonds. The van der Waals surface area contributed by atoms with E-state index in [4.69, 9.17) is 4.74 Å². The van der Waals surface area contributed by atoms with Crippen molar-refractivity contribution >= 4 is 11.9 Å². The number of ether oxygens (including phenoxy) is 1. The van der Waals surface area contributed by atoms with Crippen molar-refractivity contribution in [3.63, 3.8) is 0 Å². The Balaban J connectivity index is 1.96. The van der Waals surface area contributed by atoms with Crippen molar-refractivity contribution in [3.05, 3.63) is 29.3 Å². The molecule has 0 radical (unpaired) electrons. The van der Waals surface area contributed by atoms with Gasteiger partial charge in [0.25, 0.3) is 5.91 Å². The molecule has 0 bridgehead atoms. The first-order valence-corrected chi connectivity index (χ1v) is 8.59. The lowest BCUT2D eigenvalue weighted by molar-refractivity contribution is 0.0665. The van der Waals surface area contributed by atoms with Crippen molar-refractivity contribution in [2.45, 2.75) is 26.7 Å². The molecule has 0 aliphatic carbocycles. The van der Waals surface area contributed by atoms with Gasteiger partial charge in [0.05, 0.1) is 7.11 Å². The molecule has 2 rings (SSSR count). The molecule has 1 aromatic rings. The van der Waals surface area contributed by atoms with Gasteiger partial charge in [-0.3, -0.25) is 4.79 Å². The highest BCUT2D eigenvalue weighted by molar-refractivity contribution is 5.94. The summed E-state index contributed by atoms with van der Waals surface area (Å²) in [6.45, 7) is 7.01. The zero-order chi connectivity index (χ0) is 17.5. The zero-order valence-corrected chi connectivity index (χ0v) is 14.8. The fraction of sp³-hybridized carbons (Fsp3) is 0.556. The smallest absolute Gasteiger partial charge is 0.317 e. The fourth-order valence-corrected chi connectivity index (χ4v) is 2.83. The number of carbonyl (C=O) groups excluding carboxylic acids is 2. The number of benzene rings is 1. The van der Waals surface area contributed by atoms with Crippen LogP contribution in [0.1, 0.15) is 36.2 Å². The van der Waals surface area contributed by atoms with Crippen LogP contribution in [0.2, 0.25) is 0 Å². The van der Waals surface area contributed by atoms with E-state index in [0.29, 0.717) is 38.3 Å². The molecule has 0 atom stereocenters. The zero-order valence-electron chi connectivity index (χ0n) is 14.8. The predicted molar refractivity (Wildman–Crippen MR) is 93.5 cm³/mol. The van der Waals surface area contributed by atoms with E-state index in [-0.39, 0.29) is 11.9 Å². The van der Waals surface area contributed by atoms with Gasteiger partial charge in [-0.05, 0) is 36.6 Å². The largest absolute Gasteiger partial charge is 0.496 e. The molecule has 0 saturated carbocycles. The summed E-state index contributed by atoms with van der Waals surface area (Å²) in [4.78, 5) is 28.2. The van der Waals surface area contributed by atoms with Crippen LogP contribution in [-0.4, -0.2) is 61.6 Å². The van der Waals surface area contributed by atoms with Crippen LogP contribution >= 0.6 is 0 Å². The monoisotopic (exact) mass is 333 g/mol. The molecule has 1 aromatic carbocycles. The second-order valence-electron chi connectivity index (χ2n) is 5.89. The van der Waals surface area contributed by atoms with Gasteiger partial charge >= 0.3 is 6.03 Å². The van der Waals surface area contributed by atoms with Gasteiger partial charge in [0, 0.05) is 38.3 Å². The lowest BCUT2D eigenvalue weighted by Gasteiger charge is -2.34. The summed E-state index contributed by atoms with van der Waals surface area (Å²) >= 11 is 0. The molecule has 0 aromatic heterocycles. The van der Waals surface area contributed by atoms with Gasteiger partial charge in [-0.2, -0.15) is 0 Å². The van der Waals surface area contributed by atoms with Crippen molar-refractivity contribution in [2.24, 2.45) is 0 Å². The number of aryl methyl sites for hydroxylation is 1. The van der Waals surface area contributed by atoms with E-state index in [0.717, 1.165) is 24.2 Å². The highest BCUT2D eigenvalue weighted by atomic mass is 16.5. The third-order valence-electron chi connectivity index (χ3n) is 4.29. The summed E-state index contributed by atoms with van der Waals surface area (Å²) in [7, 11) is 1.64. The number of nitrogens with one attached hydrogen (secondary N) is 1. The van der Waals surface area contributed by atoms with Crippen molar-refractivity contribution in [1.29, 1.82) is 0 Å². The number of amides is 3. The van der Waals surface area contributed by atoms with Crippen LogP contribution in [0.3, 0.4) is 0 Å². The third kappa shape index (κ3) is 4.19. The molecule has 1 saturated heterocycles. The minimum absolute atomic E-state index is 0.0148. The Hall–Kier alpha value is -2.24. The molecule has 0 spiro atoms. The number of hydrogen-bond acceptors (Lipinski definition) is 3. The molecule has 1 aliphatic heterocycles. The summed E-state index contributed by atoms with van der Waals surface area (Å²) in [5, 5.41) is 2.88. The Labute approximate surface area is 143 Å². The number of carbonyl (C=O) groups is 2. The Kier molecular flexibility index (Phi) is 6.46. The topological polar surface area (TPSA) is 61.9 Å². The van der Waals surface area contributed by atoms with Crippen LogP contribution < -0.4 is 10.1 Å². The van der Waals surface area contributed by atoms with Gasteiger partial charge < -0.3 is 19.9 Å². The molecule has 132 valence electrons. The van der Waals surface area contributed by atoms with Gasteiger partial charge in [0.1, 0.15) is 5.75 Å². The van der Waals surface area contributed by atoms with Crippen molar-refractivity contribution < 1.29 is 14.3 Å². The van der Waals surface area contributed by atoms with E-state index in [9.17, 15) is 9.59 Å². The third-order valence-corrected chi connectivity index (χ3v) is 4.29. The Bertz CT molecular complexity index is 581. The van der Waals surface area contributed by atoms with E-state index < -0.39 is 0 Å². The normalized spacial score (nSPS) is 14.5. The van der Waals surface area contributed by atoms with Crippen LogP contribution in [0.15, 0.2) is 18.2 Å². The first-order valence-electron chi connectivity index (χ1n) is 8.59. The molecule has 24 heavy (non-hydrogen) atoms. The molecule has 1 aliphatic rings. The summed E-state index contributed by atoms with van der Waals surface area (Å²) in [5.41, 5.74) is 1.71. The van der Waals surface area contributed by atoms with Gasteiger partial charge in [-0.25, -0.2) is 4.79 Å². The van der Waals surface area contributed by atoms with E-state index in [1.807, 2.05) is 30.9 Å². The van der Waals surface area contributed by atoms with Crippen LogP contribution in [0.4, 0.5) is 4.79 Å². The maximum Gasteiger partial charge on any atom is 0.317 e. The molecule has 6 nitrogen and oxygen atoms in total. The summed E-state index contributed by atoms with van der Waals surface area (Å²) < 4.78 is 5.31. The maximum absolute atomic E-state index is 12.7.